The molecule has 1 rings (SSSR count). The van der Waals surface area contributed by atoms with Crippen LogP contribution >= 0.6 is 23.2 Å². The fraction of sp³-hybridized carbons (Fsp3) is 0.500. The Labute approximate surface area is 111 Å². The van der Waals surface area contributed by atoms with E-state index in [4.69, 9.17) is 27.9 Å². The van der Waals surface area contributed by atoms with Crippen LogP contribution in [0.25, 0.3) is 0 Å². The molecule has 0 radical (unpaired) electrons. The summed E-state index contributed by atoms with van der Waals surface area (Å²) < 4.78 is 18.0. The normalized spacial score (nSPS) is 10.8. The molecule has 1 aromatic rings. The molecule has 96 valence electrons. The highest BCUT2D eigenvalue weighted by Crippen LogP contribution is 2.16. The number of hydrogen-bond acceptors (Lipinski definition) is 2. The van der Waals surface area contributed by atoms with Crippen LogP contribution in [0.2, 0.25) is 5.02 Å². The number of nitrogens with one attached hydrogen (secondary N) is 1. The minimum atomic E-state index is -0.312. The summed E-state index contributed by atoms with van der Waals surface area (Å²) in [6, 6.07) is 4.42. The van der Waals surface area contributed by atoms with E-state index < -0.39 is 0 Å². The van der Waals surface area contributed by atoms with E-state index in [2.05, 4.69) is 5.32 Å². The Morgan fingerprint density at radius 3 is 2.82 bits per heavy atom. The second kappa shape index (κ2) is 8.70. The van der Waals surface area contributed by atoms with Crippen molar-refractivity contribution in [1.82, 2.24) is 5.32 Å². The van der Waals surface area contributed by atoms with Crippen LogP contribution < -0.4 is 5.32 Å². The molecule has 1 aromatic carbocycles. The minimum Gasteiger partial charge on any atom is -0.380 e. The molecule has 0 spiro atoms. The molecule has 0 unspecified atom stereocenters. The van der Waals surface area contributed by atoms with Gasteiger partial charge in [0.05, 0.1) is 6.61 Å². The van der Waals surface area contributed by atoms with E-state index >= 15 is 0 Å². The molecule has 0 aliphatic carbocycles. The van der Waals surface area contributed by atoms with Crippen molar-refractivity contribution in [3.63, 3.8) is 0 Å². The van der Waals surface area contributed by atoms with Crippen molar-refractivity contribution >= 4 is 23.2 Å². The number of ether oxygens (including phenoxy) is 1. The molecular weight excluding hydrogens is 264 g/mol. The Balaban J connectivity index is 2.14. The molecule has 0 amide bonds. The second-order valence-electron chi connectivity index (χ2n) is 3.57. The van der Waals surface area contributed by atoms with Crippen LogP contribution in [0.1, 0.15) is 12.0 Å². The van der Waals surface area contributed by atoms with Gasteiger partial charge in [-0.2, -0.15) is 0 Å². The third-order valence-corrected chi connectivity index (χ3v) is 2.70. The molecule has 0 aliphatic heterocycles. The summed E-state index contributed by atoms with van der Waals surface area (Å²) in [5, 5.41) is 3.67. The van der Waals surface area contributed by atoms with Crippen LogP contribution in [0.4, 0.5) is 4.39 Å². The van der Waals surface area contributed by atoms with Crippen molar-refractivity contribution < 1.29 is 9.13 Å². The molecule has 5 heteroatoms. The molecule has 0 fully saturated rings. The fourth-order valence-electron chi connectivity index (χ4n) is 1.34. The first-order valence-corrected chi connectivity index (χ1v) is 6.43. The quantitative estimate of drug-likeness (QED) is 0.583. The first-order chi connectivity index (χ1) is 8.24. The summed E-state index contributed by atoms with van der Waals surface area (Å²) in [7, 11) is 0. The summed E-state index contributed by atoms with van der Waals surface area (Å²) in [5.74, 6) is 0.215. The van der Waals surface area contributed by atoms with Gasteiger partial charge in [0.2, 0.25) is 0 Å². The smallest absolute Gasteiger partial charge is 0.124 e. The molecular formula is C12H16Cl2FNO. The highest BCUT2D eigenvalue weighted by atomic mass is 35.5. The lowest BCUT2D eigenvalue weighted by Gasteiger charge is -2.07. The highest BCUT2D eigenvalue weighted by molar-refractivity contribution is 6.31. The van der Waals surface area contributed by atoms with Crippen molar-refractivity contribution in [3.05, 3.63) is 34.6 Å². The average molecular weight is 280 g/mol. The van der Waals surface area contributed by atoms with Gasteiger partial charge in [-0.05, 0) is 30.7 Å². The fourth-order valence-corrected chi connectivity index (χ4v) is 1.69. The standard InChI is InChI=1S/C12H16Cl2FNO/c13-4-7-17-6-1-5-16-9-10-2-3-11(15)8-12(10)14/h2-3,8,16H,1,4-7,9H2. The first kappa shape index (κ1) is 14.7. The summed E-state index contributed by atoms with van der Waals surface area (Å²) in [5.41, 5.74) is 0.898. The van der Waals surface area contributed by atoms with Crippen molar-refractivity contribution in [3.8, 4) is 0 Å². The zero-order chi connectivity index (χ0) is 12.5. The second-order valence-corrected chi connectivity index (χ2v) is 4.35. The minimum absolute atomic E-state index is 0.312. The van der Waals surface area contributed by atoms with Gasteiger partial charge in [-0.15, -0.1) is 11.6 Å². The van der Waals surface area contributed by atoms with Crippen LogP contribution in [0.3, 0.4) is 0 Å². The zero-order valence-electron chi connectivity index (χ0n) is 9.52. The van der Waals surface area contributed by atoms with Gasteiger partial charge in [-0.3, -0.25) is 0 Å². The molecule has 0 saturated heterocycles. The number of rotatable bonds is 8. The molecule has 0 aromatic heterocycles. The van der Waals surface area contributed by atoms with Crippen molar-refractivity contribution in [2.75, 3.05) is 25.6 Å². The Kier molecular flexibility index (Phi) is 7.53. The highest BCUT2D eigenvalue weighted by Gasteiger charge is 2.01. The van der Waals surface area contributed by atoms with Crippen LogP contribution in [0, 0.1) is 5.82 Å². The molecule has 0 atom stereocenters. The first-order valence-electron chi connectivity index (χ1n) is 5.52. The summed E-state index contributed by atoms with van der Waals surface area (Å²) in [6.07, 6.45) is 0.912. The molecule has 0 saturated carbocycles. The average Bonchev–Trinajstić information content (AvgIpc) is 2.30. The summed E-state index contributed by atoms with van der Waals surface area (Å²) in [4.78, 5) is 0. The zero-order valence-corrected chi connectivity index (χ0v) is 11.0. The molecule has 0 heterocycles. The van der Waals surface area contributed by atoms with Gasteiger partial charge in [0.15, 0.2) is 0 Å². The van der Waals surface area contributed by atoms with E-state index in [9.17, 15) is 4.39 Å². The van der Waals surface area contributed by atoms with Crippen LogP contribution in [0.5, 0.6) is 0 Å². The van der Waals surface area contributed by atoms with E-state index in [0.29, 0.717) is 30.7 Å². The van der Waals surface area contributed by atoms with Gasteiger partial charge in [0.1, 0.15) is 5.82 Å². The number of benzene rings is 1. The van der Waals surface area contributed by atoms with Gasteiger partial charge in [0.25, 0.3) is 0 Å². The summed E-state index contributed by atoms with van der Waals surface area (Å²) >= 11 is 11.4. The van der Waals surface area contributed by atoms with Crippen molar-refractivity contribution in [1.29, 1.82) is 0 Å². The maximum atomic E-state index is 12.8. The Morgan fingerprint density at radius 1 is 1.29 bits per heavy atom. The number of halogens is 3. The summed E-state index contributed by atoms with van der Waals surface area (Å²) in [6.45, 7) is 2.74. The predicted octanol–water partition coefficient (Wildman–Crippen LogP) is 3.21. The Morgan fingerprint density at radius 2 is 2.12 bits per heavy atom. The lowest BCUT2D eigenvalue weighted by atomic mass is 10.2. The molecule has 0 aliphatic rings. The SMILES string of the molecule is Fc1ccc(CNCCCOCCCl)c(Cl)c1. The largest absolute Gasteiger partial charge is 0.380 e. The maximum absolute atomic E-state index is 12.8. The molecule has 0 bridgehead atoms. The monoisotopic (exact) mass is 279 g/mol. The van der Waals surface area contributed by atoms with Crippen LogP contribution in [0.15, 0.2) is 18.2 Å². The Bertz CT molecular complexity index is 336. The number of hydrogen-bond donors (Lipinski definition) is 1. The van der Waals surface area contributed by atoms with E-state index in [1.165, 1.54) is 12.1 Å². The van der Waals surface area contributed by atoms with E-state index in [1.54, 1.807) is 6.07 Å². The molecule has 1 N–H and O–H groups in total. The van der Waals surface area contributed by atoms with Crippen LogP contribution in [-0.4, -0.2) is 25.6 Å². The van der Waals surface area contributed by atoms with E-state index in [1.807, 2.05) is 0 Å². The maximum Gasteiger partial charge on any atom is 0.124 e. The lowest BCUT2D eigenvalue weighted by Crippen LogP contribution is -2.16. The Hall–Kier alpha value is -0.350. The lowest BCUT2D eigenvalue weighted by molar-refractivity contribution is 0.146. The molecule has 17 heavy (non-hydrogen) atoms. The third-order valence-electron chi connectivity index (χ3n) is 2.19. The van der Waals surface area contributed by atoms with E-state index in [0.717, 1.165) is 18.5 Å². The van der Waals surface area contributed by atoms with Crippen molar-refractivity contribution in [2.24, 2.45) is 0 Å². The van der Waals surface area contributed by atoms with Gasteiger partial charge in [-0.25, -0.2) is 4.39 Å². The van der Waals surface area contributed by atoms with E-state index in [-0.39, 0.29) is 5.82 Å². The third kappa shape index (κ3) is 6.22. The van der Waals surface area contributed by atoms with Crippen molar-refractivity contribution in [2.45, 2.75) is 13.0 Å². The van der Waals surface area contributed by atoms with Gasteiger partial charge >= 0.3 is 0 Å². The van der Waals surface area contributed by atoms with Gasteiger partial charge in [0, 0.05) is 24.1 Å². The number of alkyl halides is 1. The molecule has 2 nitrogen and oxygen atoms in total. The van der Waals surface area contributed by atoms with Crippen LogP contribution in [-0.2, 0) is 11.3 Å². The van der Waals surface area contributed by atoms with Gasteiger partial charge in [-0.1, -0.05) is 17.7 Å². The van der Waals surface area contributed by atoms with Gasteiger partial charge < -0.3 is 10.1 Å². The topological polar surface area (TPSA) is 21.3 Å². The predicted molar refractivity (Wildman–Crippen MR) is 69.3 cm³/mol.